The number of carbonyl (C=O) groups is 1. The maximum Gasteiger partial charge on any atom is 0.270 e. The minimum atomic E-state index is -0.429. The van der Waals surface area contributed by atoms with Crippen LogP contribution in [0.2, 0.25) is 0 Å². The maximum absolute atomic E-state index is 13.6. The molecule has 0 saturated carbocycles. The minimum absolute atomic E-state index is 0.233. The van der Waals surface area contributed by atoms with Gasteiger partial charge in [-0.05, 0) is 56.7 Å². The Morgan fingerprint density at radius 3 is 2.54 bits per heavy atom. The van der Waals surface area contributed by atoms with Crippen LogP contribution in [0.1, 0.15) is 46.0 Å². The van der Waals surface area contributed by atoms with E-state index < -0.39 is 5.82 Å². The summed E-state index contributed by atoms with van der Waals surface area (Å²) in [5.41, 5.74) is 5.31. The van der Waals surface area contributed by atoms with Crippen molar-refractivity contribution in [1.29, 1.82) is 5.26 Å². The van der Waals surface area contributed by atoms with E-state index in [0.29, 0.717) is 45.4 Å². The number of nitriles is 1. The van der Waals surface area contributed by atoms with Crippen LogP contribution in [-0.4, -0.2) is 35.8 Å². The predicted molar refractivity (Wildman–Crippen MR) is 150 cm³/mol. The van der Waals surface area contributed by atoms with Gasteiger partial charge in [0, 0.05) is 47.2 Å². The quantitative estimate of drug-likeness (QED) is 0.280. The van der Waals surface area contributed by atoms with Gasteiger partial charge in [-0.2, -0.15) is 5.26 Å². The van der Waals surface area contributed by atoms with Gasteiger partial charge in [-0.1, -0.05) is 6.07 Å². The van der Waals surface area contributed by atoms with Crippen LogP contribution < -0.4 is 10.6 Å². The zero-order valence-electron chi connectivity index (χ0n) is 22.4. The number of amides is 1. The van der Waals surface area contributed by atoms with Crippen LogP contribution in [0.5, 0.6) is 0 Å². The largest absolute Gasteiger partial charge is 0.344 e. The summed E-state index contributed by atoms with van der Waals surface area (Å²) in [5, 5.41) is 15.2. The third-order valence-corrected chi connectivity index (χ3v) is 6.21. The van der Waals surface area contributed by atoms with Gasteiger partial charge in [0.15, 0.2) is 5.82 Å². The molecule has 10 nitrogen and oxygen atoms in total. The third-order valence-electron chi connectivity index (χ3n) is 6.21. The molecule has 0 radical (unpaired) electrons. The Hall–Kier alpha value is -5.63. The molecule has 5 heterocycles. The fourth-order valence-corrected chi connectivity index (χ4v) is 4.08. The Kier molecular flexibility index (Phi) is 7.65. The van der Waals surface area contributed by atoms with Gasteiger partial charge in [0.2, 0.25) is 0 Å². The highest BCUT2D eigenvalue weighted by Gasteiger charge is 2.15. The molecule has 0 spiro atoms. The fourth-order valence-electron chi connectivity index (χ4n) is 4.08. The zero-order chi connectivity index (χ0) is 28.9. The van der Waals surface area contributed by atoms with Crippen molar-refractivity contribution in [1.82, 2.24) is 35.2 Å². The first kappa shape index (κ1) is 27.0. The van der Waals surface area contributed by atoms with Gasteiger partial charge in [-0.25, -0.2) is 14.4 Å². The number of aromatic nitrogens is 6. The Morgan fingerprint density at radius 2 is 1.80 bits per heavy atom. The van der Waals surface area contributed by atoms with Crippen molar-refractivity contribution in [2.24, 2.45) is 0 Å². The molecular weight excluding hydrogens is 521 g/mol. The smallest absolute Gasteiger partial charge is 0.270 e. The molecule has 0 aliphatic carbocycles. The number of anilines is 2. The van der Waals surface area contributed by atoms with Crippen molar-refractivity contribution in [2.45, 2.75) is 26.8 Å². The van der Waals surface area contributed by atoms with E-state index in [0.717, 1.165) is 11.3 Å². The highest BCUT2D eigenvalue weighted by molar-refractivity contribution is 5.92. The van der Waals surface area contributed by atoms with E-state index in [1.165, 1.54) is 18.5 Å². The Labute approximate surface area is 235 Å². The number of hydrogen-bond donors (Lipinski definition) is 2. The van der Waals surface area contributed by atoms with Crippen molar-refractivity contribution in [3.63, 3.8) is 0 Å². The van der Waals surface area contributed by atoms with E-state index in [2.05, 4.69) is 46.6 Å². The van der Waals surface area contributed by atoms with Gasteiger partial charge in [0.05, 0.1) is 35.4 Å². The molecule has 202 valence electrons. The van der Waals surface area contributed by atoms with E-state index in [1.54, 1.807) is 55.8 Å². The molecule has 5 aromatic heterocycles. The normalized spacial score (nSPS) is 11.4. The monoisotopic (exact) mass is 545 g/mol. The highest BCUT2D eigenvalue weighted by atomic mass is 19.1. The van der Waals surface area contributed by atoms with Crippen molar-refractivity contribution >= 4 is 17.4 Å². The van der Waals surface area contributed by atoms with Crippen LogP contribution >= 0.6 is 0 Å². The molecule has 2 N–H and O–H groups in total. The van der Waals surface area contributed by atoms with Crippen LogP contribution in [0, 0.1) is 31.0 Å². The molecule has 1 atom stereocenters. The summed E-state index contributed by atoms with van der Waals surface area (Å²) in [6.45, 7) is 5.48. The second kappa shape index (κ2) is 11.6. The SMILES string of the molecule is Cc1cc(Nc2cncc(C#N)c2)nc(-c2ccc(C(=O)NC(C)c3ccc(-c4cc(F)cnc4C)nc3)nc2)n1. The van der Waals surface area contributed by atoms with Crippen LogP contribution in [0.3, 0.4) is 0 Å². The third kappa shape index (κ3) is 6.34. The van der Waals surface area contributed by atoms with Crippen molar-refractivity contribution in [3.8, 4) is 28.7 Å². The number of hydrogen-bond acceptors (Lipinski definition) is 9. The van der Waals surface area contributed by atoms with Crippen molar-refractivity contribution in [2.75, 3.05) is 5.32 Å². The highest BCUT2D eigenvalue weighted by Crippen LogP contribution is 2.23. The minimum Gasteiger partial charge on any atom is -0.344 e. The topological polar surface area (TPSA) is 142 Å². The summed E-state index contributed by atoms with van der Waals surface area (Å²) in [5.74, 6) is 0.181. The summed E-state index contributed by atoms with van der Waals surface area (Å²) < 4.78 is 13.6. The Balaban J connectivity index is 1.26. The van der Waals surface area contributed by atoms with Gasteiger partial charge in [0.25, 0.3) is 5.91 Å². The second-order valence-electron chi connectivity index (χ2n) is 9.31. The number of nitrogens with one attached hydrogen (secondary N) is 2. The molecular formula is C30H24FN9O. The van der Waals surface area contributed by atoms with Gasteiger partial charge in [-0.3, -0.25) is 24.7 Å². The molecule has 11 heteroatoms. The molecule has 0 bridgehead atoms. The van der Waals surface area contributed by atoms with Crippen molar-refractivity contribution in [3.05, 3.63) is 107 Å². The van der Waals surface area contributed by atoms with E-state index in [4.69, 9.17) is 5.26 Å². The van der Waals surface area contributed by atoms with E-state index >= 15 is 0 Å². The van der Waals surface area contributed by atoms with Gasteiger partial charge >= 0.3 is 0 Å². The number of halogens is 1. The standard InChI is InChI=1S/C30H24FN9O/c1-17-8-28(39-24-9-20(11-32)12-33-16-24)40-29(37-17)22-5-7-27(36-14-22)30(41)38-18(2)21-4-6-26(35-13-21)25-10-23(31)15-34-19(25)3/h4-10,12-16,18H,1-3H3,(H,38,41)(H,37,39,40). The first-order valence-corrected chi connectivity index (χ1v) is 12.6. The number of nitrogens with zero attached hydrogens (tertiary/aromatic N) is 7. The molecule has 41 heavy (non-hydrogen) atoms. The number of aryl methyl sites for hydroxylation is 2. The Morgan fingerprint density at radius 1 is 0.951 bits per heavy atom. The fraction of sp³-hybridized carbons (Fsp3) is 0.133. The first-order chi connectivity index (χ1) is 19.8. The molecule has 1 amide bonds. The summed E-state index contributed by atoms with van der Waals surface area (Å²) in [6.07, 6.45) is 7.44. The van der Waals surface area contributed by atoms with Crippen LogP contribution in [0.15, 0.2) is 73.4 Å². The number of carbonyl (C=O) groups excluding carboxylic acids is 1. The average Bonchev–Trinajstić information content (AvgIpc) is 2.98. The molecule has 0 aliphatic heterocycles. The number of rotatable bonds is 7. The lowest BCUT2D eigenvalue weighted by atomic mass is 10.1. The molecule has 0 fully saturated rings. The van der Waals surface area contributed by atoms with Crippen molar-refractivity contribution < 1.29 is 9.18 Å². The number of pyridine rings is 4. The average molecular weight is 546 g/mol. The molecule has 1 unspecified atom stereocenters. The van der Waals surface area contributed by atoms with Gasteiger partial charge in [-0.15, -0.1) is 0 Å². The van der Waals surface area contributed by atoms with Gasteiger partial charge < -0.3 is 10.6 Å². The summed E-state index contributed by atoms with van der Waals surface area (Å²) in [7, 11) is 0. The van der Waals surface area contributed by atoms with E-state index in [1.807, 2.05) is 19.9 Å². The lowest BCUT2D eigenvalue weighted by Gasteiger charge is -2.14. The predicted octanol–water partition coefficient (Wildman–Crippen LogP) is 5.25. The van der Waals surface area contributed by atoms with Crippen LogP contribution in [0.4, 0.5) is 15.9 Å². The molecule has 5 aromatic rings. The van der Waals surface area contributed by atoms with E-state index in [9.17, 15) is 9.18 Å². The molecule has 0 aromatic carbocycles. The Bertz CT molecular complexity index is 1770. The lowest BCUT2D eigenvalue weighted by molar-refractivity contribution is 0.0935. The second-order valence-corrected chi connectivity index (χ2v) is 9.31. The maximum atomic E-state index is 13.6. The summed E-state index contributed by atoms with van der Waals surface area (Å²) in [4.78, 5) is 38.8. The lowest BCUT2D eigenvalue weighted by Crippen LogP contribution is -2.27. The molecule has 5 rings (SSSR count). The first-order valence-electron chi connectivity index (χ1n) is 12.6. The molecule has 0 saturated heterocycles. The van der Waals surface area contributed by atoms with Gasteiger partial charge in [0.1, 0.15) is 23.4 Å². The van der Waals surface area contributed by atoms with E-state index in [-0.39, 0.29) is 17.6 Å². The van der Waals surface area contributed by atoms with Crippen LogP contribution in [0.25, 0.3) is 22.6 Å². The molecule has 0 aliphatic rings. The van der Waals surface area contributed by atoms with Crippen LogP contribution in [-0.2, 0) is 0 Å². The summed E-state index contributed by atoms with van der Waals surface area (Å²) >= 11 is 0. The summed E-state index contributed by atoms with van der Waals surface area (Å²) in [6, 6.07) is 13.5. The zero-order valence-corrected chi connectivity index (χ0v) is 22.4.